The van der Waals surface area contributed by atoms with Crippen molar-refractivity contribution >= 4 is 5.91 Å². The summed E-state index contributed by atoms with van der Waals surface area (Å²) >= 11 is 0. The molecule has 0 radical (unpaired) electrons. The van der Waals surface area contributed by atoms with Crippen molar-refractivity contribution in [2.45, 2.75) is 39.3 Å². The Morgan fingerprint density at radius 2 is 1.92 bits per heavy atom. The third kappa shape index (κ3) is 1.78. The maximum atomic E-state index is 11.5. The zero-order valence-corrected chi connectivity index (χ0v) is 8.13. The largest absolute Gasteiger partial charge is 0.335 e. The molecule has 1 saturated heterocycles. The summed E-state index contributed by atoms with van der Waals surface area (Å²) in [5.41, 5.74) is 0. The second-order valence-corrected chi connectivity index (χ2v) is 3.51. The van der Waals surface area contributed by atoms with Gasteiger partial charge in [0, 0.05) is 31.6 Å². The van der Waals surface area contributed by atoms with E-state index in [1.165, 1.54) is 0 Å². The van der Waals surface area contributed by atoms with E-state index in [0.29, 0.717) is 18.5 Å². The first-order chi connectivity index (χ1) is 5.66. The maximum absolute atomic E-state index is 11.5. The van der Waals surface area contributed by atoms with Crippen molar-refractivity contribution in [3.05, 3.63) is 0 Å². The molecule has 0 aromatic heterocycles. The number of carbonyl (C=O) groups is 1. The second kappa shape index (κ2) is 3.90. The van der Waals surface area contributed by atoms with E-state index in [1.54, 1.807) is 0 Å². The Kier molecular flexibility index (Phi) is 3.09. The summed E-state index contributed by atoms with van der Waals surface area (Å²) in [5.74, 6) is 0.275. The molecule has 1 aliphatic rings. The SMILES string of the molecule is CCC(=O)N1[C@@H](C)CNC[C@@H]1C. The van der Waals surface area contributed by atoms with Crippen LogP contribution in [0.1, 0.15) is 27.2 Å². The number of amides is 1. The van der Waals surface area contributed by atoms with Crippen molar-refractivity contribution < 1.29 is 4.79 Å². The normalized spacial score (nSPS) is 30.4. The molecule has 1 rings (SSSR count). The summed E-state index contributed by atoms with van der Waals surface area (Å²) in [6.45, 7) is 7.96. The first-order valence-electron chi connectivity index (χ1n) is 4.68. The van der Waals surface area contributed by atoms with Crippen LogP contribution in [0.5, 0.6) is 0 Å². The van der Waals surface area contributed by atoms with Crippen molar-refractivity contribution in [1.82, 2.24) is 10.2 Å². The predicted octanol–water partition coefficient (Wildman–Crippen LogP) is 0.605. The zero-order valence-electron chi connectivity index (χ0n) is 8.13. The summed E-state index contributed by atoms with van der Waals surface area (Å²) in [7, 11) is 0. The lowest BCUT2D eigenvalue weighted by Crippen LogP contribution is -2.57. The molecule has 3 nitrogen and oxygen atoms in total. The van der Waals surface area contributed by atoms with Gasteiger partial charge in [-0.15, -0.1) is 0 Å². The molecule has 0 saturated carbocycles. The molecular weight excluding hydrogens is 152 g/mol. The monoisotopic (exact) mass is 170 g/mol. The van der Waals surface area contributed by atoms with Crippen LogP contribution in [0, 0.1) is 0 Å². The minimum absolute atomic E-state index is 0.275. The molecule has 2 atom stereocenters. The average molecular weight is 170 g/mol. The number of nitrogens with one attached hydrogen (secondary N) is 1. The number of rotatable bonds is 1. The van der Waals surface area contributed by atoms with E-state index in [0.717, 1.165) is 13.1 Å². The van der Waals surface area contributed by atoms with Crippen molar-refractivity contribution in [2.24, 2.45) is 0 Å². The molecule has 1 heterocycles. The minimum Gasteiger partial charge on any atom is -0.335 e. The first-order valence-corrected chi connectivity index (χ1v) is 4.68. The molecule has 0 bridgehead atoms. The fraction of sp³-hybridized carbons (Fsp3) is 0.889. The van der Waals surface area contributed by atoms with Crippen LogP contribution in [-0.4, -0.2) is 36.0 Å². The Hall–Kier alpha value is -0.570. The summed E-state index contributed by atoms with van der Waals surface area (Å²) in [4.78, 5) is 13.5. The lowest BCUT2D eigenvalue weighted by atomic mass is 10.1. The smallest absolute Gasteiger partial charge is 0.222 e. The van der Waals surface area contributed by atoms with Gasteiger partial charge in [0.15, 0.2) is 0 Å². The lowest BCUT2D eigenvalue weighted by molar-refractivity contribution is -0.136. The van der Waals surface area contributed by atoms with Crippen molar-refractivity contribution in [3.8, 4) is 0 Å². The van der Waals surface area contributed by atoms with Gasteiger partial charge in [-0.25, -0.2) is 0 Å². The molecule has 0 spiro atoms. The van der Waals surface area contributed by atoms with E-state index in [1.807, 2.05) is 11.8 Å². The molecule has 0 aromatic carbocycles. The molecule has 1 N–H and O–H groups in total. The quantitative estimate of drug-likeness (QED) is 0.625. The Morgan fingerprint density at radius 1 is 1.42 bits per heavy atom. The Morgan fingerprint density at radius 3 is 2.33 bits per heavy atom. The molecule has 0 unspecified atom stereocenters. The van der Waals surface area contributed by atoms with Crippen LogP contribution in [0.3, 0.4) is 0 Å². The van der Waals surface area contributed by atoms with Crippen LogP contribution in [0.4, 0.5) is 0 Å². The van der Waals surface area contributed by atoms with Gasteiger partial charge >= 0.3 is 0 Å². The topological polar surface area (TPSA) is 32.3 Å². The molecule has 70 valence electrons. The van der Waals surface area contributed by atoms with Gasteiger partial charge in [0.2, 0.25) is 5.91 Å². The maximum Gasteiger partial charge on any atom is 0.222 e. The van der Waals surface area contributed by atoms with Crippen molar-refractivity contribution in [3.63, 3.8) is 0 Å². The summed E-state index contributed by atoms with van der Waals surface area (Å²) in [5, 5.41) is 3.30. The van der Waals surface area contributed by atoms with Gasteiger partial charge in [0.05, 0.1) is 0 Å². The van der Waals surface area contributed by atoms with Crippen LogP contribution in [-0.2, 0) is 4.79 Å². The Balaban J connectivity index is 2.62. The van der Waals surface area contributed by atoms with E-state index in [9.17, 15) is 4.79 Å². The lowest BCUT2D eigenvalue weighted by Gasteiger charge is -2.39. The van der Waals surface area contributed by atoms with Crippen molar-refractivity contribution in [2.75, 3.05) is 13.1 Å². The molecule has 0 aromatic rings. The molecule has 1 aliphatic heterocycles. The third-order valence-corrected chi connectivity index (χ3v) is 2.42. The molecule has 12 heavy (non-hydrogen) atoms. The highest BCUT2D eigenvalue weighted by Crippen LogP contribution is 2.10. The van der Waals surface area contributed by atoms with Crippen LogP contribution in [0.2, 0.25) is 0 Å². The fourth-order valence-electron chi connectivity index (χ4n) is 1.81. The van der Waals surface area contributed by atoms with Gasteiger partial charge in [-0.2, -0.15) is 0 Å². The number of carbonyl (C=O) groups excluding carboxylic acids is 1. The van der Waals surface area contributed by atoms with Gasteiger partial charge in [0.25, 0.3) is 0 Å². The van der Waals surface area contributed by atoms with E-state index in [-0.39, 0.29) is 5.91 Å². The van der Waals surface area contributed by atoms with Gasteiger partial charge in [-0.1, -0.05) is 6.92 Å². The number of hydrogen-bond acceptors (Lipinski definition) is 2. The summed E-state index contributed by atoms with van der Waals surface area (Å²) in [6, 6.07) is 0.697. The van der Waals surface area contributed by atoms with Gasteiger partial charge < -0.3 is 10.2 Å². The fourth-order valence-corrected chi connectivity index (χ4v) is 1.81. The predicted molar refractivity (Wildman–Crippen MR) is 48.9 cm³/mol. The first kappa shape index (κ1) is 9.52. The molecule has 1 fully saturated rings. The van der Waals surface area contributed by atoms with Crippen molar-refractivity contribution in [1.29, 1.82) is 0 Å². The highest BCUT2D eigenvalue weighted by Gasteiger charge is 2.27. The van der Waals surface area contributed by atoms with E-state index in [2.05, 4.69) is 19.2 Å². The van der Waals surface area contributed by atoms with Crippen LogP contribution in [0.15, 0.2) is 0 Å². The number of nitrogens with zero attached hydrogens (tertiary/aromatic N) is 1. The highest BCUT2D eigenvalue weighted by atomic mass is 16.2. The molecule has 3 heteroatoms. The van der Waals surface area contributed by atoms with Gasteiger partial charge in [0.1, 0.15) is 0 Å². The number of piperazine rings is 1. The molecule has 1 amide bonds. The Labute approximate surface area is 74.1 Å². The van der Waals surface area contributed by atoms with Gasteiger partial charge in [-0.05, 0) is 13.8 Å². The minimum atomic E-state index is 0.275. The van der Waals surface area contributed by atoms with Crippen LogP contribution < -0.4 is 5.32 Å². The number of hydrogen-bond donors (Lipinski definition) is 1. The summed E-state index contributed by atoms with van der Waals surface area (Å²) < 4.78 is 0. The zero-order chi connectivity index (χ0) is 9.14. The van der Waals surface area contributed by atoms with E-state index in [4.69, 9.17) is 0 Å². The molecular formula is C9H18N2O. The van der Waals surface area contributed by atoms with Gasteiger partial charge in [-0.3, -0.25) is 4.79 Å². The van der Waals surface area contributed by atoms with Crippen LogP contribution >= 0.6 is 0 Å². The second-order valence-electron chi connectivity index (χ2n) is 3.51. The van der Waals surface area contributed by atoms with E-state index < -0.39 is 0 Å². The van der Waals surface area contributed by atoms with Crippen LogP contribution in [0.25, 0.3) is 0 Å². The third-order valence-electron chi connectivity index (χ3n) is 2.42. The Bertz CT molecular complexity index is 160. The standard InChI is InChI=1S/C9H18N2O/c1-4-9(12)11-7(2)5-10-6-8(11)3/h7-8,10H,4-6H2,1-3H3/t7-,8-/m0/s1. The molecule has 0 aliphatic carbocycles. The summed E-state index contributed by atoms with van der Waals surface area (Å²) in [6.07, 6.45) is 0.620. The highest BCUT2D eigenvalue weighted by molar-refractivity contribution is 5.76. The van der Waals surface area contributed by atoms with E-state index >= 15 is 0 Å². The average Bonchev–Trinajstić information content (AvgIpc) is 2.03.